The van der Waals surface area contributed by atoms with Gasteiger partial charge in [0.05, 0.1) is 32.8 Å². The molecule has 1 aromatic rings. The Labute approximate surface area is 147 Å². The van der Waals surface area contributed by atoms with Gasteiger partial charge in [0.15, 0.2) is 0 Å². The average molecular weight is 358 g/mol. The summed E-state index contributed by atoms with van der Waals surface area (Å²) in [5.41, 5.74) is 0.948. The van der Waals surface area contributed by atoms with Crippen molar-refractivity contribution in [2.45, 2.75) is 20.0 Å². The topological polar surface area (TPSA) is 63.4 Å². The Balaban J connectivity index is 1.70. The Bertz CT molecular complexity index is 547. The number of benzene rings is 1. The molecular formula is C17H26ClN2O4+. The summed E-state index contributed by atoms with van der Waals surface area (Å²) >= 11 is 5.98. The molecule has 1 aliphatic rings. The number of ether oxygens (including phenoxy) is 2. The average Bonchev–Trinajstić information content (AvgIpc) is 2.57. The van der Waals surface area contributed by atoms with Crippen LogP contribution in [0.5, 0.6) is 5.75 Å². The summed E-state index contributed by atoms with van der Waals surface area (Å²) in [6, 6.07) is 5.45. The molecule has 1 atom stereocenters. The lowest BCUT2D eigenvalue weighted by molar-refractivity contribution is -0.907. The van der Waals surface area contributed by atoms with Gasteiger partial charge in [-0.1, -0.05) is 11.6 Å². The van der Waals surface area contributed by atoms with E-state index in [2.05, 4.69) is 0 Å². The van der Waals surface area contributed by atoms with Gasteiger partial charge in [0.2, 0.25) is 0 Å². The third-order valence-corrected chi connectivity index (χ3v) is 4.52. The minimum absolute atomic E-state index is 0.242. The summed E-state index contributed by atoms with van der Waals surface area (Å²) in [5, 5.41) is 10.9. The van der Waals surface area contributed by atoms with Crippen LogP contribution in [0.2, 0.25) is 5.02 Å². The number of carbonyl (C=O) groups excluding carboxylic acids is 1. The van der Waals surface area contributed by atoms with Crippen molar-refractivity contribution in [1.29, 1.82) is 0 Å². The molecule has 0 aromatic heterocycles. The van der Waals surface area contributed by atoms with Gasteiger partial charge in [0.25, 0.3) is 0 Å². The zero-order valence-corrected chi connectivity index (χ0v) is 15.0. The van der Waals surface area contributed by atoms with Gasteiger partial charge in [0, 0.05) is 5.02 Å². The van der Waals surface area contributed by atoms with Crippen LogP contribution in [0, 0.1) is 6.92 Å². The molecule has 24 heavy (non-hydrogen) atoms. The molecule has 1 unspecified atom stereocenters. The molecule has 0 radical (unpaired) electrons. The molecule has 0 bridgehead atoms. The maximum Gasteiger partial charge on any atom is 0.410 e. The second-order valence-corrected chi connectivity index (χ2v) is 6.42. The largest absolute Gasteiger partial charge is 0.491 e. The smallest absolute Gasteiger partial charge is 0.410 e. The van der Waals surface area contributed by atoms with Gasteiger partial charge in [-0.15, -0.1) is 0 Å². The Kier molecular flexibility index (Phi) is 7.15. The lowest BCUT2D eigenvalue weighted by Gasteiger charge is -2.32. The molecule has 1 aliphatic heterocycles. The number of hydrogen-bond acceptors (Lipinski definition) is 4. The lowest BCUT2D eigenvalue weighted by atomic mass is 10.2. The third-order valence-electron chi connectivity index (χ3n) is 4.09. The molecular weight excluding hydrogens is 332 g/mol. The molecule has 2 N–H and O–H groups in total. The van der Waals surface area contributed by atoms with Crippen LogP contribution in [0.4, 0.5) is 4.79 Å². The first-order chi connectivity index (χ1) is 11.5. The number of rotatable bonds is 6. The number of aliphatic hydroxyl groups is 1. The fourth-order valence-corrected chi connectivity index (χ4v) is 2.83. The Morgan fingerprint density at radius 3 is 2.75 bits per heavy atom. The normalized spacial score (nSPS) is 16.8. The molecule has 0 aliphatic carbocycles. The first-order valence-electron chi connectivity index (χ1n) is 8.32. The number of aryl methyl sites for hydroxylation is 1. The Morgan fingerprint density at radius 1 is 1.42 bits per heavy atom. The quantitative estimate of drug-likeness (QED) is 0.788. The number of halogens is 1. The maximum absolute atomic E-state index is 11.7. The van der Waals surface area contributed by atoms with Crippen molar-refractivity contribution < 1.29 is 24.3 Å². The Hall–Kier alpha value is -1.50. The van der Waals surface area contributed by atoms with Gasteiger partial charge in [-0.05, 0) is 37.6 Å². The van der Waals surface area contributed by atoms with Crippen molar-refractivity contribution in [3.05, 3.63) is 28.8 Å². The van der Waals surface area contributed by atoms with E-state index in [9.17, 15) is 9.90 Å². The second kappa shape index (κ2) is 9.11. The van der Waals surface area contributed by atoms with Gasteiger partial charge >= 0.3 is 6.09 Å². The molecule has 1 saturated heterocycles. The van der Waals surface area contributed by atoms with Crippen molar-refractivity contribution in [2.75, 3.05) is 45.9 Å². The number of nitrogens with one attached hydrogen (secondary N) is 1. The van der Waals surface area contributed by atoms with Crippen molar-refractivity contribution >= 4 is 17.7 Å². The maximum atomic E-state index is 11.7. The molecule has 0 saturated carbocycles. The van der Waals surface area contributed by atoms with Gasteiger partial charge in [-0.2, -0.15) is 0 Å². The molecule has 1 heterocycles. The van der Waals surface area contributed by atoms with E-state index in [1.54, 1.807) is 24.0 Å². The first kappa shape index (κ1) is 18.8. The molecule has 1 aromatic carbocycles. The number of aliphatic hydroxyl groups excluding tert-OH is 1. The fourth-order valence-electron chi connectivity index (χ4n) is 2.72. The van der Waals surface area contributed by atoms with E-state index >= 15 is 0 Å². The summed E-state index contributed by atoms with van der Waals surface area (Å²) in [4.78, 5) is 14.6. The molecule has 0 spiro atoms. The SMILES string of the molecule is CCOC(=O)N1CC[NH+](CC(O)COc2ccc(Cl)c(C)c2)CC1. The summed E-state index contributed by atoms with van der Waals surface area (Å²) in [7, 11) is 0. The van der Waals surface area contributed by atoms with Crippen LogP contribution in [-0.2, 0) is 4.74 Å². The number of nitrogens with zero attached hydrogens (tertiary/aromatic N) is 1. The lowest BCUT2D eigenvalue weighted by Crippen LogP contribution is -3.16. The molecule has 1 amide bonds. The van der Waals surface area contributed by atoms with E-state index in [1.807, 2.05) is 13.0 Å². The van der Waals surface area contributed by atoms with Crippen LogP contribution in [0.3, 0.4) is 0 Å². The van der Waals surface area contributed by atoms with Crippen LogP contribution >= 0.6 is 11.6 Å². The van der Waals surface area contributed by atoms with E-state index in [0.717, 1.165) is 18.7 Å². The predicted molar refractivity (Wildman–Crippen MR) is 91.8 cm³/mol. The zero-order valence-electron chi connectivity index (χ0n) is 14.3. The summed E-state index contributed by atoms with van der Waals surface area (Å²) in [6.45, 7) is 7.86. The Morgan fingerprint density at radius 2 is 2.12 bits per heavy atom. The molecule has 6 nitrogen and oxygen atoms in total. The summed E-state index contributed by atoms with van der Waals surface area (Å²) in [5.74, 6) is 0.707. The number of quaternary nitrogens is 1. The molecule has 7 heteroatoms. The van der Waals surface area contributed by atoms with Gasteiger partial charge < -0.3 is 19.5 Å². The highest BCUT2D eigenvalue weighted by atomic mass is 35.5. The van der Waals surface area contributed by atoms with Crippen LogP contribution in [0.15, 0.2) is 18.2 Å². The fraction of sp³-hybridized carbons (Fsp3) is 0.588. The van der Waals surface area contributed by atoms with Gasteiger partial charge in [-0.3, -0.25) is 4.90 Å². The van der Waals surface area contributed by atoms with E-state index in [4.69, 9.17) is 21.1 Å². The van der Waals surface area contributed by atoms with Crippen molar-refractivity contribution in [3.63, 3.8) is 0 Å². The predicted octanol–water partition coefficient (Wildman–Crippen LogP) is 0.745. The van der Waals surface area contributed by atoms with Crippen LogP contribution in [-0.4, -0.2) is 68.1 Å². The number of hydrogen-bond donors (Lipinski definition) is 2. The van der Waals surface area contributed by atoms with Crippen LogP contribution < -0.4 is 9.64 Å². The number of carbonyl (C=O) groups is 1. The number of amides is 1. The summed E-state index contributed by atoms with van der Waals surface area (Å²) < 4.78 is 10.6. The van der Waals surface area contributed by atoms with E-state index in [1.165, 1.54) is 4.90 Å². The highest BCUT2D eigenvalue weighted by Gasteiger charge is 2.26. The van der Waals surface area contributed by atoms with Gasteiger partial charge in [0.1, 0.15) is 25.0 Å². The van der Waals surface area contributed by atoms with Crippen molar-refractivity contribution in [3.8, 4) is 5.75 Å². The first-order valence-corrected chi connectivity index (χ1v) is 8.69. The van der Waals surface area contributed by atoms with Crippen LogP contribution in [0.1, 0.15) is 12.5 Å². The summed E-state index contributed by atoms with van der Waals surface area (Å²) in [6.07, 6.45) is -0.802. The molecule has 2 rings (SSSR count). The van der Waals surface area contributed by atoms with Gasteiger partial charge in [-0.25, -0.2) is 4.79 Å². The van der Waals surface area contributed by atoms with Crippen LogP contribution in [0.25, 0.3) is 0 Å². The highest BCUT2D eigenvalue weighted by molar-refractivity contribution is 6.31. The molecule has 1 fully saturated rings. The van der Waals surface area contributed by atoms with E-state index in [-0.39, 0.29) is 12.7 Å². The van der Waals surface area contributed by atoms with E-state index in [0.29, 0.717) is 37.0 Å². The minimum atomic E-state index is -0.551. The molecule has 134 valence electrons. The zero-order chi connectivity index (χ0) is 17.5. The third kappa shape index (κ3) is 5.54. The minimum Gasteiger partial charge on any atom is -0.491 e. The number of piperazine rings is 1. The second-order valence-electron chi connectivity index (χ2n) is 6.02. The highest BCUT2D eigenvalue weighted by Crippen LogP contribution is 2.20. The van der Waals surface area contributed by atoms with Crippen molar-refractivity contribution in [2.24, 2.45) is 0 Å². The van der Waals surface area contributed by atoms with Crippen molar-refractivity contribution in [1.82, 2.24) is 4.90 Å². The van der Waals surface area contributed by atoms with E-state index < -0.39 is 6.10 Å². The standard InChI is InChI=1S/C17H25ClN2O4/c1-3-23-17(22)20-8-6-19(7-9-20)11-14(21)12-24-15-4-5-16(18)13(2)10-15/h4-5,10,14,21H,3,6-9,11-12H2,1-2H3/p+1. The monoisotopic (exact) mass is 357 g/mol.